The van der Waals surface area contributed by atoms with Gasteiger partial charge in [0.2, 0.25) is 0 Å². The Hall–Kier alpha value is -7.39. The molecule has 0 radical (unpaired) electrons. The van der Waals surface area contributed by atoms with Gasteiger partial charge in [0.05, 0.1) is 0 Å². The molecule has 0 aliphatic rings. The van der Waals surface area contributed by atoms with Gasteiger partial charge in [-0.2, -0.15) is 0 Å². The second kappa shape index (κ2) is 17.8. The zero-order valence-electron chi connectivity index (χ0n) is 33.0. The van der Waals surface area contributed by atoms with Gasteiger partial charge in [0, 0.05) is 18.6 Å². The molecule has 0 bridgehead atoms. The van der Waals surface area contributed by atoms with Crippen LogP contribution >= 0.6 is 0 Å². The van der Waals surface area contributed by atoms with E-state index in [-0.39, 0.29) is 19.5 Å². The van der Waals surface area contributed by atoms with Gasteiger partial charge >= 0.3 is 19.5 Å². The van der Waals surface area contributed by atoms with Gasteiger partial charge in [0.25, 0.3) is 0 Å². The first-order valence-electron chi connectivity index (χ1n) is 20.0. The van der Waals surface area contributed by atoms with E-state index in [1.165, 1.54) is 0 Å². The maximum atomic E-state index is 4.88. The monoisotopic (exact) mass is 865 g/mol. The molecule has 0 atom stereocenters. The molecular formula is C57H36N3Rh. The standard InChI is InChI=1S/C57H36N3.Rh/c1-4-16-40(17-5-1)55-31-28-43(37-58-55)49-22-10-13-25-52(49)46-34-47(53-26-14-11-23-50(53)44-29-32-56(59-38-44)41-18-6-2-7-19-41)36-48(35-46)54-27-15-12-24-51(54)45-30-33-57(60-39-45)42-20-8-3-9-21-42;/h1-16,18,20,22-39H;/q-3;+3. The minimum absolute atomic E-state index is 0. The van der Waals surface area contributed by atoms with Crippen molar-refractivity contribution >= 4 is 0 Å². The van der Waals surface area contributed by atoms with E-state index < -0.39 is 0 Å². The van der Waals surface area contributed by atoms with E-state index >= 15 is 0 Å². The molecule has 3 aromatic heterocycles. The molecule has 0 unspecified atom stereocenters. The van der Waals surface area contributed by atoms with E-state index in [0.29, 0.717) is 0 Å². The Kier molecular flexibility index (Phi) is 11.4. The minimum atomic E-state index is 0. The van der Waals surface area contributed by atoms with Crippen LogP contribution in [0.1, 0.15) is 0 Å². The zero-order chi connectivity index (χ0) is 40.1. The van der Waals surface area contributed by atoms with Crippen LogP contribution in [0.25, 0.3) is 101 Å². The number of hydrogen-bond acceptors (Lipinski definition) is 3. The first kappa shape index (κ1) is 39.1. The van der Waals surface area contributed by atoms with Crippen molar-refractivity contribution < 1.29 is 19.5 Å². The molecule has 0 saturated heterocycles. The van der Waals surface area contributed by atoms with Crippen LogP contribution in [0.3, 0.4) is 0 Å². The summed E-state index contributed by atoms with van der Waals surface area (Å²) in [4.78, 5) is 14.7. The molecule has 3 heterocycles. The molecule has 0 aliphatic carbocycles. The molecule has 10 aromatic rings. The van der Waals surface area contributed by atoms with Crippen molar-refractivity contribution in [2.75, 3.05) is 0 Å². The Morgan fingerprint density at radius 1 is 0.262 bits per heavy atom. The fourth-order valence-corrected chi connectivity index (χ4v) is 7.85. The predicted molar refractivity (Wildman–Crippen MR) is 245 cm³/mol. The Bertz CT molecular complexity index is 2690. The first-order valence-corrected chi connectivity index (χ1v) is 20.0. The SMILES string of the molecule is [Rh+3].[c-]1ccccc1-c1ccc(-c2ccccc2-c2cc(-c3ccccc3-c3ccc(-c4[c-]cccc4)nc3)cc(-c3ccccc3-c3ccc(-c4[c-]cccc4)nc3)c2)cn1. The first-order chi connectivity index (χ1) is 29.7. The van der Waals surface area contributed by atoms with Crippen LogP contribution < -0.4 is 0 Å². The summed E-state index contributed by atoms with van der Waals surface area (Å²) >= 11 is 0. The van der Waals surface area contributed by atoms with Gasteiger partial charge in [-0.25, -0.2) is 0 Å². The van der Waals surface area contributed by atoms with E-state index in [1.54, 1.807) is 0 Å². The zero-order valence-corrected chi connectivity index (χ0v) is 34.6. The molecular weight excluding hydrogens is 830 g/mol. The van der Waals surface area contributed by atoms with Crippen molar-refractivity contribution in [1.82, 2.24) is 15.0 Å². The van der Waals surface area contributed by atoms with Gasteiger partial charge < -0.3 is 15.0 Å². The van der Waals surface area contributed by atoms with E-state index in [4.69, 9.17) is 15.0 Å². The Morgan fingerprint density at radius 3 is 0.754 bits per heavy atom. The molecule has 0 N–H and O–H groups in total. The maximum Gasteiger partial charge on any atom is 3.00 e. The Labute approximate surface area is 369 Å². The van der Waals surface area contributed by atoms with Crippen LogP contribution in [0.4, 0.5) is 0 Å². The van der Waals surface area contributed by atoms with Crippen LogP contribution in [0, 0.1) is 18.2 Å². The van der Waals surface area contributed by atoms with Crippen LogP contribution in [-0.2, 0) is 19.5 Å². The maximum absolute atomic E-state index is 4.88. The normalized spacial score (nSPS) is 10.8. The molecule has 10 rings (SSSR count). The van der Waals surface area contributed by atoms with Crippen molar-refractivity contribution in [2.45, 2.75) is 0 Å². The van der Waals surface area contributed by atoms with Crippen molar-refractivity contribution in [3.05, 3.63) is 237 Å². The number of pyridine rings is 3. The smallest absolute Gasteiger partial charge is 0.304 e. The predicted octanol–water partition coefficient (Wildman–Crippen LogP) is 14.3. The molecule has 0 spiro atoms. The van der Waals surface area contributed by atoms with Gasteiger partial charge in [-0.15, -0.1) is 108 Å². The van der Waals surface area contributed by atoms with Crippen LogP contribution in [-0.4, -0.2) is 15.0 Å². The quantitative estimate of drug-likeness (QED) is 0.107. The Morgan fingerprint density at radius 2 is 0.525 bits per heavy atom. The second-order valence-corrected chi connectivity index (χ2v) is 14.6. The molecule has 61 heavy (non-hydrogen) atoms. The summed E-state index contributed by atoms with van der Waals surface area (Å²) in [6.07, 6.45) is 5.91. The van der Waals surface area contributed by atoms with E-state index in [2.05, 4.69) is 146 Å². The number of rotatable bonds is 9. The molecule has 0 amide bonds. The molecule has 0 aliphatic heterocycles. The summed E-state index contributed by atoms with van der Waals surface area (Å²) in [5.41, 5.74) is 18.7. The fourth-order valence-electron chi connectivity index (χ4n) is 7.85. The fraction of sp³-hybridized carbons (Fsp3) is 0. The number of hydrogen-bond donors (Lipinski definition) is 0. The topological polar surface area (TPSA) is 38.7 Å². The van der Waals surface area contributed by atoms with Crippen LogP contribution in [0.15, 0.2) is 219 Å². The van der Waals surface area contributed by atoms with Gasteiger partial charge in [0.1, 0.15) is 0 Å². The van der Waals surface area contributed by atoms with Gasteiger partial charge in [0.15, 0.2) is 0 Å². The molecule has 288 valence electrons. The summed E-state index contributed by atoms with van der Waals surface area (Å²) in [5.74, 6) is 0. The molecule has 0 fully saturated rings. The van der Waals surface area contributed by atoms with Crippen LogP contribution in [0.2, 0.25) is 0 Å². The number of aromatic nitrogens is 3. The third-order valence-corrected chi connectivity index (χ3v) is 10.8. The molecule has 0 saturated carbocycles. The van der Waals surface area contributed by atoms with Crippen LogP contribution in [0.5, 0.6) is 0 Å². The second-order valence-electron chi connectivity index (χ2n) is 14.6. The third-order valence-electron chi connectivity index (χ3n) is 10.8. The summed E-state index contributed by atoms with van der Waals surface area (Å²) in [7, 11) is 0. The minimum Gasteiger partial charge on any atom is -0.304 e. The van der Waals surface area contributed by atoms with Crippen molar-refractivity contribution in [3.8, 4) is 101 Å². The van der Waals surface area contributed by atoms with Gasteiger partial charge in [-0.05, 0) is 102 Å². The number of benzene rings is 7. The number of nitrogens with zero attached hydrogens (tertiary/aromatic N) is 3. The van der Waals surface area contributed by atoms with E-state index in [9.17, 15) is 0 Å². The van der Waals surface area contributed by atoms with E-state index in [1.807, 2.05) is 91.4 Å². The Balaban J connectivity index is 0.00000476. The third kappa shape index (κ3) is 8.28. The summed E-state index contributed by atoms with van der Waals surface area (Å²) in [5, 5.41) is 0. The van der Waals surface area contributed by atoms with Gasteiger partial charge in [-0.1, -0.05) is 109 Å². The molecule has 3 nitrogen and oxygen atoms in total. The van der Waals surface area contributed by atoms with E-state index in [0.717, 1.165) is 101 Å². The average Bonchev–Trinajstić information content (AvgIpc) is 3.35. The molecule has 7 aromatic carbocycles. The summed E-state index contributed by atoms with van der Waals surface area (Å²) in [6, 6.07) is 79.2. The summed E-state index contributed by atoms with van der Waals surface area (Å²) < 4.78 is 0. The largest absolute Gasteiger partial charge is 3.00 e. The molecule has 4 heteroatoms. The van der Waals surface area contributed by atoms with Crippen molar-refractivity contribution in [2.24, 2.45) is 0 Å². The van der Waals surface area contributed by atoms with Gasteiger partial charge in [-0.3, -0.25) is 0 Å². The summed E-state index contributed by atoms with van der Waals surface area (Å²) in [6.45, 7) is 0. The average molecular weight is 866 g/mol. The van der Waals surface area contributed by atoms with Crippen molar-refractivity contribution in [3.63, 3.8) is 0 Å². The van der Waals surface area contributed by atoms with Crippen molar-refractivity contribution in [1.29, 1.82) is 0 Å².